The summed E-state index contributed by atoms with van der Waals surface area (Å²) in [5, 5.41) is 3.02. The van der Waals surface area contributed by atoms with E-state index in [1.807, 2.05) is 0 Å². The minimum Gasteiger partial charge on any atom is -0.368 e. The molecule has 1 aliphatic heterocycles. The molecular formula is C20H29F3N4O. The molecule has 0 spiro atoms. The Labute approximate surface area is 164 Å². The first-order valence-corrected chi connectivity index (χ1v) is 10.1. The van der Waals surface area contributed by atoms with Gasteiger partial charge in [0.2, 0.25) is 5.91 Å². The molecule has 2 aliphatic rings. The first-order chi connectivity index (χ1) is 13.3. The summed E-state index contributed by atoms with van der Waals surface area (Å²) in [7, 11) is 0. The van der Waals surface area contributed by atoms with Gasteiger partial charge in [-0.05, 0) is 56.7 Å². The maximum absolute atomic E-state index is 12.6. The van der Waals surface area contributed by atoms with Crippen molar-refractivity contribution < 1.29 is 18.0 Å². The molecule has 0 radical (unpaired) electrons. The maximum atomic E-state index is 12.6. The van der Waals surface area contributed by atoms with Gasteiger partial charge in [-0.1, -0.05) is 0 Å². The molecule has 8 heteroatoms. The summed E-state index contributed by atoms with van der Waals surface area (Å²) in [6.45, 7) is 6.09. The van der Waals surface area contributed by atoms with Gasteiger partial charge < -0.3 is 10.2 Å². The van der Waals surface area contributed by atoms with Gasteiger partial charge in [-0.15, -0.1) is 0 Å². The number of rotatable bonds is 5. The molecule has 0 atom stereocenters. The molecule has 3 rings (SSSR count). The lowest BCUT2D eigenvalue weighted by Crippen LogP contribution is -2.47. The fourth-order valence-corrected chi connectivity index (χ4v) is 4.22. The van der Waals surface area contributed by atoms with E-state index in [1.54, 1.807) is 6.92 Å². The van der Waals surface area contributed by atoms with Gasteiger partial charge >= 0.3 is 6.18 Å². The Morgan fingerprint density at radius 2 is 1.82 bits per heavy atom. The first kappa shape index (κ1) is 20.9. The number of anilines is 1. The van der Waals surface area contributed by atoms with Crippen LogP contribution < -0.4 is 10.2 Å². The topological polar surface area (TPSA) is 48.5 Å². The third kappa shape index (κ3) is 5.83. The van der Waals surface area contributed by atoms with Crippen LogP contribution >= 0.6 is 0 Å². The summed E-state index contributed by atoms with van der Waals surface area (Å²) in [5.41, 5.74) is -0.0907. The summed E-state index contributed by atoms with van der Waals surface area (Å²) in [6, 6.07) is 2.91. The molecule has 1 aromatic heterocycles. The van der Waals surface area contributed by atoms with E-state index in [4.69, 9.17) is 0 Å². The van der Waals surface area contributed by atoms with Gasteiger partial charge in [-0.2, -0.15) is 13.2 Å². The van der Waals surface area contributed by atoms with Gasteiger partial charge in [-0.25, -0.2) is 4.98 Å². The van der Waals surface area contributed by atoms with Gasteiger partial charge in [0.1, 0.15) is 5.69 Å². The third-order valence-electron chi connectivity index (χ3n) is 5.88. The number of carbonyl (C=O) groups is 1. The first-order valence-electron chi connectivity index (χ1n) is 10.1. The lowest BCUT2D eigenvalue weighted by molar-refractivity contribution is -0.141. The molecule has 0 bridgehead atoms. The van der Waals surface area contributed by atoms with Gasteiger partial charge in [0.05, 0.1) is 11.9 Å². The Morgan fingerprint density at radius 1 is 1.14 bits per heavy atom. The highest BCUT2D eigenvalue weighted by atomic mass is 19.4. The second kappa shape index (κ2) is 9.11. The highest BCUT2D eigenvalue weighted by Gasteiger charge is 2.32. The number of nitrogens with one attached hydrogen (secondary N) is 1. The second-order valence-electron chi connectivity index (χ2n) is 7.93. The maximum Gasteiger partial charge on any atom is 0.433 e. The normalized spacial score (nSPS) is 24.2. The minimum absolute atomic E-state index is 0.0598. The van der Waals surface area contributed by atoms with E-state index in [-0.39, 0.29) is 5.91 Å². The minimum atomic E-state index is -4.39. The summed E-state index contributed by atoms with van der Waals surface area (Å²) >= 11 is 0. The van der Waals surface area contributed by atoms with Crippen molar-refractivity contribution in [2.75, 3.05) is 37.6 Å². The van der Waals surface area contributed by atoms with Crippen LogP contribution in [0, 0.1) is 5.92 Å². The van der Waals surface area contributed by atoms with Crippen molar-refractivity contribution in [1.29, 1.82) is 0 Å². The van der Waals surface area contributed by atoms with Crippen LogP contribution in [0.3, 0.4) is 0 Å². The van der Waals surface area contributed by atoms with E-state index < -0.39 is 11.9 Å². The quantitative estimate of drug-likeness (QED) is 0.827. The number of hydrogen-bond acceptors (Lipinski definition) is 4. The number of pyridine rings is 1. The predicted octanol–water partition coefficient (Wildman–Crippen LogP) is 3.31. The van der Waals surface area contributed by atoms with Crippen molar-refractivity contribution in [3.05, 3.63) is 24.0 Å². The fraction of sp³-hybridized carbons (Fsp3) is 0.700. The molecule has 2 heterocycles. The molecule has 5 nitrogen and oxygen atoms in total. The van der Waals surface area contributed by atoms with Crippen LogP contribution in [-0.2, 0) is 11.0 Å². The zero-order valence-corrected chi connectivity index (χ0v) is 16.3. The van der Waals surface area contributed by atoms with Gasteiger partial charge in [-0.3, -0.25) is 9.69 Å². The largest absolute Gasteiger partial charge is 0.433 e. The van der Waals surface area contributed by atoms with E-state index in [9.17, 15) is 18.0 Å². The lowest BCUT2D eigenvalue weighted by Gasteiger charge is -2.37. The number of piperazine rings is 1. The van der Waals surface area contributed by atoms with Crippen LogP contribution in [0.5, 0.6) is 0 Å². The summed E-state index contributed by atoms with van der Waals surface area (Å²) in [4.78, 5) is 19.2. The van der Waals surface area contributed by atoms with Gasteiger partial charge in [0.15, 0.2) is 0 Å². The second-order valence-corrected chi connectivity index (χ2v) is 7.93. The fourth-order valence-electron chi connectivity index (χ4n) is 4.22. The average Bonchev–Trinajstić information content (AvgIpc) is 2.67. The SMILES string of the molecule is CC(=O)N[C@H]1CC[C@H](CCN2CCN(c3ccc(C(F)(F)F)nc3)CC2)CC1. The smallest absolute Gasteiger partial charge is 0.368 e. The molecule has 1 saturated heterocycles. The van der Waals surface area contributed by atoms with Crippen LogP contribution in [-0.4, -0.2) is 54.6 Å². The Kier molecular flexibility index (Phi) is 6.80. The van der Waals surface area contributed by atoms with E-state index in [1.165, 1.54) is 31.5 Å². The van der Waals surface area contributed by atoms with Crippen molar-refractivity contribution in [1.82, 2.24) is 15.2 Å². The number of carbonyl (C=O) groups excluding carboxylic acids is 1. The van der Waals surface area contributed by atoms with E-state index >= 15 is 0 Å². The number of halogens is 3. The van der Waals surface area contributed by atoms with Crippen molar-refractivity contribution in [2.24, 2.45) is 5.92 Å². The zero-order chi connectivity index (χ0) is 20.1. The molecule has 1 aliphatic carbocycles. The molecule has 0 aromatic carbocycles. The number of hydrogen-bond donors (Lipinski definition) is 1. The van der Waals surface area contributed by atoms with E-state index in [2.05, 4.69) is 20.1 Å². The number of alkyl halides is 3. The summed E-state index contributed by atoms with van der Waals surface area (Å²) in [5.74, 6) is 0.784. The Morgan fingerprint density at radius 3 is 2.36 bits per heavy atom. The van der Waals surface area contributed by atoms with Crippen molar-refractivity contribution in [3.8, 4) is 0 Å². The van der Waals surface area contributed by atoms with Crippen LogP contribution in [0.25, 0.3) is 0 Å². The number of nitrogens with zero attached hydrogens (tertiary/aromatic N) is 3. The molecule has 28 heavy (non-hydrogen) atoms. The average molecular weight is 398 g/mol. The Balaban J connectivity index is 1.37. The molecular weight excluding hydrogens is 369 g/mol. The molecule has 0 unspecified atom stereocenters. The van der Waals surface area contributed by atoms with Crippen molar-refractivity contribution in [3.63, 3.8) is 0 Å². The molecule has 1 saturated carbocycles. The highest BCUT2D eigenvalue weighted by molar-refractivity contribution is 5.73. The van der Waals surface area contributed by atoms with Gasteiger partial charge in [0.25, 0.3) is 0 Å². The van der Waals surface area contributed by atoms with Crippen molar-refractivity contribution >= 4 is 11.6 Å². The monoisotopic (exact) mass is 398 g/mol. The van der Waals surface area contributed by atoms with Gasteiger partial charge in [0, 0.05) is 39.1 Å². The Hall–Kier alpha value is -1.83. The summed E-state index contributed by atoms with van der Waals surface area (Å²) in [6.07, 6.45) is 2.58. The standard InChI is InChI=1S/C20H29F3N4O/c1-15(28)25-17-4-2-16(3-5-17)8-9-26-10-12-27(13-11-26)18-6-7-19(24-14-18)20(21,22)23/h6-7,14,16-17H,2-5,8-13H2,1H3,(H,25,28)/t16-,17-. The van der Waals surface area contributed by atoms with Crippen LogP contribution in [0.2, 0.25) is 0 Å². The molecule has 156 valence electrons. The van der Waals surface area contributed by atoms with E-state index in [0.717, 1.165) is 63.2 Å². The van der Waals surface area contributed by atoms with E-state index in [0.29, 0.717) is 6.04 Å². The molecule has 1 aromatic rings. The predicted molar refractivity (Wildman–Crippen MR) is 102 cm³/mol. The third-order valence-corrected chi connectivity index (χ3v) is 5.88. The lowest BCUT2D eigenvalue weighted by atomic mass is 9.84. The van der Waals surface area contributed by atoms with Crippen LogP contribution in [0.15, 0.2) is 18.3 Å². The zero-order valence-electron chi connectivity index (χ0n) is 16.3. The highest BCUT2D eigenvalue weighted by Crippen LogP contribution is 2.29. The summed E-state index contributed by atoms with van der Waals surface area (Å²) < 4.78 is 37.9. The van der Waals surface area contributed by atoms with Crippen molar-refractivity contribution in [2.45, 2.75) is 51.2 Å². The number of amides is 1. The molecule has 1 N–H and O–H groups in total. The molecule has 2 fully saturated rings. The van der Waals surface area contributed by atoms with Crippen LogP contribution in [0.4, 0.5) is 18.9 Å². The number of aromatic nitrogens is 1. The van der Waals surface area contributed by atoms with Crippen LogP contribution in [0.1, 0.15) is 44.7 Å². The Bertz CT molecular complexity index is 634. The molecule has 1 amide bonds.